The number of nitrogens with zero attached hydrogens (tertiary/aromatic N) is 1. The van der Waals surface area contributed by atoms with Gasteiger partial charge < -0.3 is 4.57 Å². The fraction of sp³-hybridized carbons (Fsp3) is 0.389. The zero-order chi connectivity index (χ0) is 15.0. The number of aromatic nitrogens is 1. The van der Waals surface area contributed by atoms with Crippen LogP contribution in [0.4, 0.5) is 4.39 Å². The first-order chi connectivity index (χ1) is 10.1. The summed E-state index contributed by atoms with van der Waals surface area (Å²) in [5.41, 5.74) is 4.35. The van der Waals surface area contributed by atoms with Gasteiger partial charge >= 0.3 is 0 Å². The Balaban J connectivity index is 1.89. The van der Waals surface area contributed by atoms with Crippen LogP contribution in [0.15, 0.2) is 30.3 Å². The van der Waals surface area contributed by atoms with Crippen molar-refractivity contribution < 1.29 is 9.18 Å². The van der Waals surface area contributed by atoms with Gasteiger partial charge in [-0.05, 0) is 56.9 Å². The summed E-state index contributed by atoms with van der Waals surface area (Å²) in [6.45, 7) is 4.22. The summed E-state index contributed by atoms with van der Waals surface area (Å²) in [5, 5.41) is 0. The van der Waals surface area contributed by atoms with Crippen molar-refractivity contribution in [2.75, 3.05) is 0 Å². The molecular weight excluding hydrogens is 265 g/mol. The minimum absolute atomic E-state index is 0.202. The van der Waals surface area contributed by atoms with Crippen LogP contribution in [0.1, 0.15) is 53.1 Å². The summed E-state index contributed by atoms with van der Waals surface area (Å²) >= 11 is 0. The molecule has 3 heteroatoms. The molecule has 21 heavy (non-hydrogen) atoms. The van der Waals surface area contributed by atoms with E-state index in [-0.39, 0.29) is 17.6 Å². The van der Waals surface area contributed by atoms with Gasteiger partial charge in [-0.2, -0.15) is 0 Å². The van der Waals surface area contributed by atoms with Crippen LogP contribution >= 0.6 is 0 Å². The third-order valence-electron chi connectivity index (χ3n) is 4.34. The molecule has 3 rings (SSSR count). The molecule has 0 fully saturated rings. The fourth-order valence-corrected chi connectivity index (χ4v) is 3.42. The van der Waals surface area contributed by atoms with Gasteiger partial charge in [-0.25, -0.2) is 4.39 Å². The Hall–Kier alpha value is -1.90. The van der Waals surface area contributed by atoms with Crippen molar-refractivity contribution in [1.29, 1.82) is 0 Å². The van der Waals surface area contributed by atoms with E-state index in [0.717, 1.165) is 36.1 Å². The molecule has 1 aromatic carbocycles. The second-order valence-electron chi connectivity index (χ2n) is 5.97. The summed E-state index contributed by atoms with van der Waals surface area (Å²) in [5.74, 6) is 0.0682. The lowest BCUT2D eigenvalue weighted by Gasteiger charge is -2.22. The molecule has 1 unspecified atom stereocenters. The van der Waals surface area contributed by atoms with Crippen LogP contribution in [-0.4, -0.2) is 10.4 Å². The van der Waals surface area contributed by atoms with Gasteiger partial charge in [0, 0.05) is 29.4 Å². The second-order valence-corrected chi connectivity index (χ2v) is 5.97. The summed E-state index contributed by atoms with van der Waals surface area (Å²) in [6, 6.07) is 8.97. The molecule has 110 valence electrons. The number of carbonyl (C=O) groups excluding carboxylic acids is 1. The number of aryl methyl sites for hydroxylation is 1. The highest BCUT2D eigenvalue weighted by atomic mass is 19.1. The zero-order valence-corrected chi connectivity index (χ0v) is 12.5. The molecule has 0 saturated carbocycles. The molecular formula is C18H20FNO. The third-order valence-corrected chi connectivity index (χ3v) is 4.34. The number of hydrogen-bond donors (Lipinski definition) is 0. The molecule has 0 aliphatic heterocycles. The highest BCUT2D eigenvalue weighted by molar-refractivity contribution is 5.98. The summed E-state index contributed by atoms with van der Waals surface area (Å²) in [7, 11) is 0. The largest absolute Gasteiger partial charge is 0.345 e. The number of halogens is 1. The van der Waals surface area contributed by atoms with E-state index in [2.05, 4.69) is 18.4 Å². The molecule has 1 heterocycles. The standard InChI is InChI=1S/C18H20FNO/c1-12(10-14-6-8-15(19)9-7-14)20-13(2)11-16-17(20)4-3-5-18(16)21/h6-9,11-12H,3-5,10H2,1-2H3. The third kappa shape index (κ3) is 2.65. The Morgan fingerprint density at radius 2 is 1.95 bits per heavy atom. The van der Waals surface area contributed by atoms with Crippen LogP contribution in [0.3, 0.4) is 0 Å². The maximum Gasteiger partial charge on any atom is 0.164 e. The number of rotatable bonds is 3. The number of hydrogen-bond acceptors (Lipinski definition) is 1. The van der Waals surface area contributed by atoms with Gasteiger partial charge in [0.05, 0.1) is 0 Å². The van der Waals surface area contributed by atoms with Gasteiger partial charge in [0.25, 0.3) is 0 Å². The number of Topliss-reactive ketones (excluding diaryl/α,β-unsaturated/α-hetero) is 1. The Bertz CT molecular complexity index is 669. The Kier molecular flexibility index (Phi) is 3.66. The first-order valence-corrected chi connectivity index (χ1v) is 7.54. The zero-order valence-electron chi connectivity index (χ0n) is 12.5. The molecule has 2 nitrogen and oxygen atoms in total. The Morgan fingerprint density at radius 1 is 1.24 bits per heavy atom. The average Bonchev–Trinajstić information content (AvgIpc) is 2.79. The van der Waals surface area contributed by atoms with Gasteiger partial charge in [-0.3, -0.25) is 4.79 Å². The highest BCUT2D eigenvalue weighted by Gasteiger charge is 2.24. The van der Waals surface area contributed by atoms with Crippen molar-refractivity contribution in [2.24, 2.45) is 0 Å². The van der Waals surface area contributed by atoms with Crippen molar-refractivity contribution >= 4 is 5.78 Å². The fourth-order valence-electron chi connectivity index (χ4n) is 3.42. The van der Waals surface area contributed by atoms with Gasteiger partial charge in [-0.1, -0.05) is 12.1 Å². The van der Waals surface area contributed by atoms with E-state index >= 15 is 0 Å². The molecule has 0 spiro atoms. The molecule has 0 N–H and O–H groups in total. The topological polar surface area (TPSA) is 22.0 Å². The molecule has 1 aliphatic carbocycles. The maximum absolute atomic E-state index is 13.0. The maximum atomic E-state index is 13.0. The van der Waals surface area contributed by atoms with Crippen molar-refractivity contribution in [3.05, 3.63) is 58.7 Å². The second kappa shape index (κ2) is 5.47. The first kappa shape index (κ1) is 14.1. The van der Waals surface area contributed by atoms with Crippen LogP contribution in [0, 0.1) is 12.7 Å². The minimum Gasteiger partial charge on any atom is -0.345 e. The van der Waals surface area contributed by atoms with E-state index in [1.165, 1.54) is 17.8 Å². The Labute approximate surface area is 124 Å². The normalized spacial score (nSPS) is 15.9. The molecule has 0 amide bonds. The lowest BCUT2D eigenvalue weighted by molar-refractivity contribution is 0.0971. The van der Waals surface area contributed by atoms with Crippen LogP contribution in [0.2, 0.25) is 0 Å². The van der Waals surface area contributed by atoms with Gasteiger partial charge in [0.1, 0.15) is 5.82 Å². The quantitative estimate of drug-likeness (QED) is 0.826. The smallest absolute Gasteiger partial charge is 0.164 e. The van der Waals surface area contributed by atoms with Gasteiger partial charge in [0.15, 0.2) is 5.78 Å². The highest BCUT2D eigenvalue weighted by Crippen LogP contribution is 2.29. The van der Waals surface area contributed by atoms with E-state index < -0.39 is 0 Å². The first-order valence-electron chi connectivity index (χ1n) is 7.54. The predicted octanol–water partition coefficient (Wildman–Crippen LogP) is 4.26. The molecule has 1 aromatic heterocycles. The van der Waals surface area contributed by atoms with Crippen molar-refractivity contribution in [3.63, 3.8) is 0 Å². The SMILES string of the molecule is Cc1cc2c(n1C(C)Cc1ccc(F)cc1)CCCC2=O. The Morgan fingerprint density at radius 3 is 2.67 bits per heavy atom. The summed E-state index contributed by atoms with van der Waals surface area (Å²) in [4.78, 5) is 12.0. The molecule has 1 atom stereocenters. The number of carbonyl (C=O) groups is 1. The van der Waals surface area contributed by atoms with E-state index in [4.69, 9.17) is 0 Å². The molecule has 2 aromatic rings. The van der Waals surface area contributed by atoms with E-state index in [0.29, 0.717) is 6.42 Å². The van der Waals surface area contributed by atoms with Gasteiger partial charge in [-0.15, -0.1) is 0 Å². The number of benzene rings is 1. The average molecular weight is 285 g/mol. The molecule has 0 bridgehead atoms. The van der Waals surface area contributed by atoms with Crippen molar-refractivity contribution in [2.45, 2.75) is 45.6 Å². The number of ketones is 1. The van der Waals surface area contributed by atoms with Crippen molar-refractivity contribution in [3.8, 4) is 0 Å². The summed E-state index contributed by atoms with van der Waals surface area (Å²) < 4.78 is 15.3. The molecule has 0 radical (unpaired) electrons. The van der Waals surface area contributed by atoms with Gasteiger partial charge in [0.2, 0.25) is 0 Å². The minimum atomic E-state index is -0.202. The van der Waals surface area contributed by atoms with E-state index in [1.54, 1.807) is 0 Å². The van der Waals surface area contributed by atoms with Crippen molar-refractivity contribution in [1.82, 2.24) is 4.57 Å². The lowest BCUT2D eigenvalue weighted by atomic mass is 9.96. The monoisotopic (exact) mass is 285 g/mol. The van der Waals surface area contributed by atoms with E-state index in [1.807, 2.05) is 18.2 Å². The van der Waals surface area contributed by atoms with Crippen LogP contribution in [-0.2, 0) is 12.8 Å². The van der Waals surface area contributed by atoms with E-state index in [9.17, 15) is 9.18 Å². The molecule has 0 saturated heterocycles. The predicted molar refractivity (Wildman–Crippen MR) is 81.3 cm³/mol. The summed E-state index contributed by atoms with van der Waals surface area (Å²) in [6.07, 6.45) is 3.43. The van der Waals surface area contributed by atoms with Crippen LogP contribution in [0.25, 0.3) is 0 Å². The lowest BCUT2D eigenvalue weighted by Crippen LogP contribution is -2.17. The molecule has 1 aliphatic rings. The number of fused-ring (bicyclic) bond motifs is 1. The van der Waals surface area contributed by atoms with Crippen LogP contribution in [0.5, 0.6) is 0 Å². The van der Waals surface area contributed by atoms with Crippen LogP contribution < -0.4 is 0 Å².